The fraction of sp³-hybridized carbons (Fsp3) is 0.343. The van der Waals surface area contributed by atoms with Crippen molar-refractivity contribution in [1.29, 1.82) is 0 Å². The summed E-state index contributed by atoms with van der Waals surface area (Å²) in [4.78, 5) is 7.54. The van der Waals surface area contributed by atoms with E-state index in [9.17, 15) is 0 Å². The van der Waals surface area contributed by atoms with Gasteiger partial charge in [0, 0.05) is 29.9 Å². The van der Waals surface area contributed by atoms with Crippen molar-refractivity contribution >= 4 is 5.69 Å². The van der Waals surface area contributed by atoms with E-state index in [1.165, 1.54) is 5.69 Å². The van der Waals surface area contributed by atoms with Crippen LogP contribution in [-0.4, -0.2) is 31.3 Å². The number of nitrogens with zero attached hydrogens (tertiary/aromatic N) is 2. The first-order chi connectivity index (χ1) is 19.2. The van der Waals surface area contributed by atoms with Gasteiger partial charge in [0.1, 0.15) is 11.5 Å². The maximum Gasteiger partial charge on any atom is 0.128 e. The number of hydrogen-bond donors (Lipinski definition) is 0. The monoisotopic (exact) mass is 522 g/mol. The van der Waals surface area contributed by atoms with E-state index in [1.54, 1.807) is 0 Å². The lowest BCUT2D eigenvalue weighted by atomic mass is 9.99. The molecule has 0 unspecified atom stereocenters. The van der Waals surface area contributed by atoms with Gasteiger partial charge in [0.25, 0.3) is 0 Å². The Hall–Kier alpha value is -3.79. The molecule has 0 aliphatic rings. The van der Waals surface area contributed by atoms with Crippen molar-refractivity contribution in [2.24, 2.45) is 0 Å². The van der Waals surface area contributed by atoms with Gasteiger partial charge in [-0.3, -0.25) is 0 Å². The lowest BCUT2D eigenvalue weighted by Gasteiger charge is -2.21. The highest BCUT2D eigenvalue weighted by molar-refractivity contribution is 5.80. The number of anilines is 1. The summed E-state index contributed by atoms with van der Waals surface area (Å²) in [7, 11) is 0. The van der Waals surface area contributed by atoms with Gasteiger partial charge in [0.05, 0.1) is 24.6 Å². The first-order valence-electron chi connectivity index (χ1n) is 14.5. The van der Waals surface area contributed by atoms with Crippen LogP contribution in [0.5, 0.6) is 11.5 Å². The highest BCUT2D eigenvalue weighted by Crippen LogP contribution is 2.37. The van der Waals surface area contributed by atoms with E-state index in [1.807, 2.05) is 24.3 Å². The van der Waals surface area contributed by atoms with Crippen LogP contribution in [0.2, 0.25) is 0 Å². The highest BCUT2D eigenvalue weighted by Gasteiger charge is 2.15. The SMILES string of the molecule is CCCCOc1ccccc1-c1cc(-c2ccc(N(CC)CC)cc2)cc(-c2ccccc2OCCCC)n1. The van der Waals surface area contributed by atoms with E-state index in [-0.39, 0.29) is 0 Å². The molecule has 204 valence electrons. The van der Waals surface area contributed by atoms with Gasteiger partial charge < -0.3 is 14.4 Å². The molecule has 0 spiro atoms. The summed E-state index contributed by atoms with van der Waals surface area (Å²) in [6.45, 7) is 12.1. The molecule has 3 aromatic carbocycles. The third kappa shape index (κ3) is 7.20. The second kappa shape index (κ2) is 14.4. The second-order valence-electron chi connectivity index (χ2n) is 9.74. The molecule has 0 aliphatic carbocycles. The van der Waals surface area contributed by atoms with Crippen LogP contribution in [0.4, 0.5) is 5.69 Å². The van der Waals surface area contributed by atoms with Crippen molar-refractivity contribution in [3.8, 4) is 45.1 Å². The Morgan fingerprint density at radius 3 is 1.54 bits per heavy atom. The lowest BCUT2D eigenvalue weighted by molar-refractivity contribution is 0.310. The summed E-state index contributed by atoms with van der Waals surface area (Å²) in [5.74, 6) is 1.73. The van der Waals surface area contributed by atoms with Crippen LogP contribution in [-0.2, 0) is 0 Å². The quantitative estimate of drug-likeness (QED) is 0.155. The van der Waals surface area contributed by atoms with Gasteiger partial charge in [-0.05, 0) is 86.3 Å². The van der Waals surface area contributed by atoms with Gasteiger partial charge in [-0.2, -0.15) is 0 Å². The van der Waals surface area contributed by atoms with E-state index in [0.717, 1.165) is 83.9 Å². The van der Waals surface area contributed by atoms with E-state index < -0.39 is 0 Å². The molecule has 0 bridgehead atoms. The number of para-hydroxylation sites is 2. The number of hydrogen-bond acceptors (Lipinski definition) is 4. The number of unbranched alkanes of at least 4 members (excludes halogenated alkanes) is 2. The Labute approximate surface area is 234 Å². The van der Waals surface area contributed by atoms with Gasteiger partial charge in [-0.15, -0.1) is 0 Å². The van der Waals surface area contributed by atoms with Crippen LogP contribution < -0.4 is 14.4 Å². The molecule has 0 atom stereocenters. The summed E-state index contributed by atoms with van der Waals surface area (Å²) in [5.41, 5.74) is 7.30. The van der Waals surface area contributed by atoms with E-state index in [4.69, 9.17) is 14.5 Å². The molecule has 1 aromatic heterocycles. The van der Waals surface area contributed by atoms with Gasteiger partial charge >= 0.3 is 0 Å². The molecule has 1 heterocycles. The van der Waals surface area contributed by atoms with Crippen LogP contribution in [0.15, 0.2) is 84.9 Å². The number of aromatic nitrogens is 1. The standard InChI is InChI=1S/C35H42N2O2/c1-5-9-23-38-34-17-13-11-15-30(34)32-25-28(27-19-21-29(22-20-27)37(7-3)8-4)26-33(36-32)31-16-12-14-18-35(31)39-24-10-6-2/h11-22,25-26H,5-10,23-24H2,1-4H3. The van der Waals surface area contributed by atoms with Crippen molar-refractivity contribution in [3.63, 3.8) is 0 Å². The Bertz CT molecular complexity index is 1240. The molecule has 4 heteroatoms. The third-order valence-electron chi connectivity index (χ3n) is 6.99. The topological polar surface area (TPSA) is 34.6 Å². The summed E-state index contributed by atoms with van der Waals surface area (Å²) >= 11 is 0. The molecule has 39 heavy (non-hydrogen) atoms. The first kappa shape index (κ1) is 28.2. The molecule has 0 saturated heterocycles. The lowest BCUT2D eigenvalue weighted by Crippen LogP contribution is -2.21. The van der Waals surface area contributed by atoms with Gasteiger partial charge in [0.2, 0.25) is 0 Å². The summed E-state index contributed by atoms with van der Waals surface area (Å²) in [6.07, 6.45) is 4.24. The number of ether oxygens (including phenoxy) is 2. The molecule has 0 amide bonds. The van der Waals surface area contributed by atoms with Crippen molar-refractivity contribution in [3.05, 3.63) is 84.9 Å². The predicted molar refractivity (Wildman–Crippen MR) is 165 cm³/mol. The Morgan fingerprint density at radius 2 is 1.08 bits per heavy atom. The maximum atomic E-state index is 6.21. The van der Waals surface area contributed by atoms with Crippen molar-refractivity contribution < 1.29 is 9.47 Å². The molecule has 0 aliphatic heterocycles. The second-order valence-corrected chi connectivity index (χ2v) is 9.74. The van der Waals surface area contributed by atoms with Gasteiger partial charge in [-0.25, -0.2) is 4.98 Å². The van der Waals surface area contributed by atoms with Crippen LogP contribution >= 0.6 is 0 Å². The highest BCUT2D eigenvalue weighted by atomic mass is 16.5. The Kier molecular flexibility index (Phi) is 10.4. The number of rotatable bonds is 14. The first-order valence-corrected chi connectivity index (χ1v) is 14.5. The minimum Gasteiger partial charge on any atom is -0.493 e. The number of pyridine rings is 1. The molecule has 4 aromatic rings. The van der Waals surface area contributed by atoms with Crippen LogP contribution in [0.1, 0.15) is 53.4 Å². The summed E-state index contributed by atoms with van der Waals surface area (Å²) in [5, 5.41) is 0. The fourth-order valence-electron chi connectivity index (χ4n) is 4.69. The molecule has 4 rings (SSSR count). The zero-order chi connectivity index (χ0) is 27.5. The molecule has 0 saturated carbocycles. The van der Waals surface area contributed by atoms with Crippen molar-refractivity contribution in [2.45, 2.75) is 53.4 Å². The zero-order valence-electron chi connectivity index (χ0n) is 24.0. The van der Waals surface area contributed by atoms with Crippen LogP contribution in [0, 0.1) is 0 Å². The molecular weight excluding hydrogens is 480 g/mol. The minimum atomic E-state index is 0.695. The molecule has 0 radical (unpaired) electrons. The van der Waals surface area contributed by atoms with Crippen LogP contribution in [0.25, 0.3) is 33.6 Å². The average Bonchev–Trinajstić information content (AvgIpc) is 2.99. The normalized spacial score (nSPS) is 10.9. The summed E-state index contributed by atoms with van der Waals surface area (Å²) < 4.78 is 12.4. The molecule has 0 fully saturated rings. The van der Waals surface area contributed by atoms with E-state index in [0.29, 0.717) is 13.2 Å². The van der Waals surface area contributed by atoms with Gasteiger partial charge in [0.15, 0.2) is 0 Å². The Balaban J connectivity index is 1.82. The smallest absolute Gasteiger partial charge is 0.128 e. The van der Waals surface area contributed by atoms with Crippen molar-refractivity contribution in [2.75, 3.05) is 31.2 Å². The van der Waals surface area contributed by atoms with Gasteiger partial charge in [-0.1, -0.05) is 63.1 Å². The predicted octanol–water partition coefficient (Wildman–Crippen LogP) is 9.29. The zero-order valence-corrected chi connectivity index (χ0v) is 24.0. The summed E-state index contributed by atoms with van der Waals surface area (Å²) in [6, 6.07) is 29.7. The average molecular weight is 523 g/mol. The maximum absolute atomic E-state index is 6.21. The van der Waals surface area contributed by atoms with Crippen LogP contribution in [0.3, 0.4) is 0 Å². The third-order valence-corrected chi connectivity index (χ3v) is 6.99. The Morgan fingerprint density at radius 1 is 0.590 bits per heavy atom. The largest absolute Gasteiger partial charge is 0.493 e. The number of benzene rings is 3. The molecular formula is C35H42N2O2. The fourth-order valence-corrected chi connectivity index (χ4v) is 4.69. The molecule has 4 nitrogen and oxygen atoms in total. The van der Waals surface area contributed by atoms with Crippen molar-refractivity contribution in [1.82, 2.24) is 4.98 Å². The van der Waals surface area contributed by atoms with E-state index in [2.05, 4.69) is 93.3 Å². The minimum absolute atomic E-state index is 0.695. The molecule has 0 N–H and O–H groups in total. The van der Waals surface area contributed by atoms with E-state index >= 15 is 0 Å².